The molecule has 32 heavy (non-hydrogen) atoms. The maximum Gasteiger partial charge on any atom is 0.311 e. The molecule has 0 saturated carbocycles. The summed E-state index contributed by atoms with van der Waals surface area (Å²) in [5.74, 6) is 1.20. The van der Waals surface area contributed by atoms with Gasteiger partial charge >= 0.3 is 5.97 Å². The quantitative estimate of drug-likeness (QED) is 0.150. The Morgan fingerprint density at radius 3 is 2.25 bits per heavy atom. The first-order valence-electron chi connectivity index (χ1n) is 12.9. The van der Waals surface area contributed by atoms with Crippen LogP contribution in [0.25, 0.3) is 11.3 Å². The molecule has 0 amide bonds. The van der Waals surface area contributed by atoms with Crippen molar-refractivity contribution in [1.29, 1.82) is 0 Å². The number of ether oxygens (including phenoxy) is 1. The average molecular weight is 438 g/mol. The van der Waals surface area contributed by atoms with Crippen molar-refractivity contribution in [2.45, 2.75) is 104 Å². The van der Waals surface area contributed by atoms with Crippen molar-refractivity contribution in [3.05, 3.63) is 48.2 Å². The lowest BCUT2D eigenvalue weighted by Crippen LogP contribution is -2.07. The standard InChI is InChI=1S/C29H43NO2/c1-4-6-7-8-9-10-11-15-25-17-22-28(30-23-25)26-18-20-27(21-19-26)32-29(31)16-13-12-14-24(3)5-2/h17-24H,4-16H2,1-3H3. The summed E-state index contributed by atoms with van der Waals surface area (Å²) in [6.07, 6.45) is 17.3. The molecule has 3 nitrogen and oxygen atoms in total. The van der Waals surface area contributed by atoms with Crippen LogP contribution < -0.4 is 4.74 Å². The van der Waals surface area contributed by atoms with E-state index in [0.717, 1.165) is 36.4 Å². The molecule has 1 heterocycles. The first-order valence-corrected chi connectivity index (χ1v) is 12.9. The SMILES string of the molecule is CCCCCCCCCc1ccc(-c2ccc(OC(=O)CCCCC(C)CC)cc2)nc1. The normalized spacial score (nSPS) is 12.0. The van der Waals surface area contributed by atoms with E-state index in [1.165, 1.54) is 63.4 Å². The third-order valence-electron chi connectivity index (χ3n) is 6.30. The van der Waals surface area contributed by atoms with Crippen LogP contribution in [-0.2, 0) is 11.2 Å². The molecule has 2 rings (SSSR count). The Balaban J connectivity index is 1.71. The summed E-state index contributed by atoms with van der Waals surface area (Å²) in [5.41, 5.74) is 3.30. The molecular formula is C29H43NO2. The molecule has 0 aliphatic carbocycles. The lowest BCUT2D eigenvalue weighted by molar-refractivity contribution is -0.134. The van der Waals surface area contributed by atoms with Gasteiger partial charge in [-0.15, -0.1) is 0 Å². The molecule has 1 aromatic heterocycles. The second kappa shape index (κ2) is 15.6. The van der Waals surface area contributed by atoms with Crippen LogP contribution in [0.15, 0.2) is 42.6 Å². The first kappa shape index (κ1) is 26.1. The van der Waals surface area contributed by atoms with Crippen LogP contribution in [-0.4, -0.2) is 11.0 Å². The number of rotatable bonds is 16. The molecule has 0 aliphatic heterocycles. The molecule has 1 aromatic carbocycles. The van der Waals surface area contributed by atoms with Gasteiger partial charge in [0, 0.05) is 18.2 Å². The van der Waals surface area contributed by atoms with Gasteiger partial charge in [0.1, 0.15) is 5.75 Å². The number of carbonyl (C=O) groups excluding carboxylic acids is 1. The highest BCUT2D eigenvalue weighted by Crippen LogP contribution is 2.22. The van der Waals surface area contributed by atoms with E-state index in [1.807, 2.05) is 30.5 Å². The number of hydrogen-bond donors (Lipinski definition) is 0. The molecule has 0 N–H and O–H groups in total. The smallest absolute Gasteiger partial charge is 0.311 e. The van der Waals surface area contributed by atoms with E-state index in [-0.39, 0.29) is 5.97 Å². The zero-order valence-corrected chi connectivity index (χ0v) is 20.6. The van der Waals surface area contributed by atoms with Gasteiger partial charge in [0.2, 0.25) is 0 Å². The summed E-state index contributed by atoms with van der Waals surface area (Å²) in [6.45, 7) is 6.74. The first-order chi connectivity index (χ1) is 15.6. The van der Waals surface area contributed by atoms with Crippen LogP contribution in [0.5, 0.6) is 5.75 Å². The highest BCUT2D eigenvalue weighted by atomic mass is 16.5. The maximum absolute atomic E-state index is 12.1. The Morgan fingerprint density at radius 2 is 1.59 bits per heavy atom. The molecule has 1 unspecified atom stereocenters. The van der Waals surface area contributed by atoms with Crippen molar-refractivity contribution in [1.82, 2.24) is 4.98 Å². The van der Waals surface area contributed by atoms with Gasteiger partial charge in [-0.3, -0.25) is 9.78 Å². The molecule has 2 aromatic rings. The van der Waals surface area contributed by atoms with Gasteiger partial charge in [-0.2, -0.15) is 0 Å². The summed E-state index contributed by atoms with van der Waals surface area (Å²) in [4.78, 5) is 16.7. The largest absolute Gasteiger partial charge is 0.427 e. The monoisotopic (exact) mass is 437 g/mol. The molecule has 0 radical (unpaired) electrons. The molecule has 0 bridgehead atoms. The second-order valence-corrected chi connectivity index (χ2v) is 9.18. The van der Waals surface area contributed by atoms with Gasteiger partial charge in [0.25, 0.3) is 0 Å². The average Bonchev–Trinajstić information content (AvgIpc) is 2.82. The van der Waals surface area contributed by atoms with Crippen molar-refractivity contribution in [3.63, 3.8) is 0 Å². The molecule has 0 saturated heterocycles. The van der Waals surface area contributed by atoms with Crippen LogP contribution in [0.1, 0.15) is 103 Å². The zero-order valence-electron chi connectivity index (χ0n) is 20.6. The highest BCUT2D eigenvalue weighted by molar-refractivity contribution is 5.72. The number of unbranched alkanes of at least 4 members (excludes halogenated alkanes) is 7. The summed E-state index contributed by atoms with van der Waals surface area (Å²) in [6, 6.07) is 12.0. The van der Waals surface area contributed by atoms with Crippen LogP contribution in [0.3, 0.4) is 0 Å². The summed E-state index contributed by atoms with van der Waals surface area (Å²) < 4.78 is 5.48. The van der Waals surface area contributed by atoms with E-state index in [2.05, 4.69) is 37.9 Å². The van der Waals surface area contributed by atoms with E-state index < -0.39 is 0 Å². The van der Waals surface area contributed by atoms with E-state index in [1.54, 1.807) is 0 Å². The minimum absolute atomic E-state index is 0.144. The molecule has 0 aliphatic rings. The summed E-state index contributed by atoms with van der Waals surface area (Å²) in [5, 5.41) is 0. The van der Waals surface area contributed by atoms with E-state index in [9.17, 15) is 4.79 Å². The predicted molar refractivity (Wildman–Crippen MR) is 135 cm³/mol. The van der Waals surface area contributed by atoms with Gasteiger partial charge in [-0.25, -0.2) is 0 Å². The zero-order chi connectivity index (χ0) is 23.0. The Labute approximate surface area is 196 Å². The van der Waals surface area contributed by atoms with Crippen molar-refractivity contribution in [2.75, 3.05) is 0 Å². The molecule has 3 heteroatoms. The second-order valence-electron chi connectivity index (χ2n) is 9.18. The van der Waals surface area contributed by atoms with Crippen molar-refractivity contribution >= 4 is 5.97 Å². The Morgan fingerprint density at radius 1 is 0.875 bits per heavy atom. The lowest BCUT2D eigenvalue weighted by Gasteiger charge is -2.08. The van der Waals surface area contributed by atoms with E-state index >= 15 is 0 Å². The van der Waals surface area contributed by atoms with E-state index in [4.69, 9.17) is 4.74 Å². The van der Waals surface area contributed by atoms with Crippen molar-refractivity contribution < 1.29 is 9.53 Å². The predicted octanol–water partition coefficient (Wildman–Crippen LogP) is 8.55. The fourth-order valence-electron chi connectivity index (χ4n) is 3.87. The summed E-state index contributed by atoms with van der Waals surface area (Å²) in [7, 11) is 0. The fourth-order valence-corrected chi connectivity index (χ4v) is 3.87. The van der Waals surface area contributed by atoms with Crippen molar-refractivity contribution in [2.24, 2.45) is 5.92 Å². The van der Waals surface area contributed by atoms with Crippen LogP contribution in [0.4, 0.5) is 0 Å². The minimum Gasteiger partial charge on any atom is -0.427 e. The van der Waals surface area contributed by atoms with Crippen LogP contribution in [0, 0.1) is 5.92 Å². The number of aryl methyl sites for hydroxylation is 1. The van der Waals surface area contributed by atoms with Gasteiger partial charge in [-0.1, -0.05) is 84.6 Å². The van der Waals surface area contributed by atoms with Gasteiger partial charge in [0.15, 0.2) is 0 Å². The fraction of sp³-hybridized carbons (Fsp3) is 0.586. The number of benzene rings is 1. The Hall–Kier alpha value is -2.16. The Kier molecular flexibility index (Phi) is 12.7. The molecule has 0 fully saturated rings. The van der Waals surface area contributed by atoms with E-state index in [0.29, 0.717) is 12.2 Å². The van der Waals surface area contributed by atoms with Crippen LogP contribution >= 0.6 is 0 Å². The van der Waals surface area contributed by atoms with Gasteiger partial charge in [-0.05, 0) is 61.1 Å². The third-order valence-corrected chi connectivity index (χ3v) is 6.30. The lowest BCUT2D eigenvalue weighted by atomic mass is 10.0. The number of esters is 1. The Bertz CT molecular complexity index is 752. The van der Waals surface area contributed by atoms with Crippen molar-refractivity contribution in [3.8, 4) is 17.0 Å². The molecule has 0 spiro atoms. The number of carbonyl (C=O) groups is 1. The van der Waals surface area contributed by atoms with Gasteiger partial charge < -0.3 is 4.74 Å². The van der Waals surface area contributed by atoms with Crippen LogP contribution in [0.2, 0.25) is 0 Å². The molecular weight excluding hydrogens is 394 g/mol. The van der Waals surface area contributed by atoms with Gasteiger partial charge in [0.05, 0.1) is 5.69 Å². The molecule has 1 atom stereocenters. The minimum atomic E-state index is -0.144. The third kappa shape index (κ3) is 10.4. The number of nitrogens with zero attached hydrogens (tertiary/aromatic N) is 1. The number of pyridine rings is 1. The highest BCUT2D eigenvalue weighted by Gasteiger charge is 2.07. The molecule has 176 valence electrons. The number of hydrogen-bond acceptors (Lipinski definition) is 3. The topological polar surface area (TPSA) is 39.2 Å². The maximum atomic E-state index is 12.1. The number of aromatic nitrogens is 1. The summed E-state index contributed by atoms with van der Waals surface area (Å²) >= 11 is 0.